The van der Waals surface area contributed by atoms with Crippen molar-refractivity contribution in [3.8, 4) is 11.4 Å². The van der Waals surface area contributed by atoms with Gasteiger partial charge in [-0.05, 0) is 62.4 Å². The summed E-state index contributed by atoms with van der Waals surface area (Å²) in [6.07, 6.45) is 0. The van der Waals surface area contributed by atoms with E-state index in [1.54, 1.807) is 38.1 Å². The van der Waals surface area contributed by atoms with Gasteiger partial charge in [0.2, 0.25) is 21.7 Å². The van der Waals surface area contributed by atoms with Crippen LogP contribution in [-0.2, 0) is 16.6 Å². The van der Waals surface area contributed by atoms with Crippen LogP contribution in [0.5, 0.6) is 0 Å². The molecule has 2 aromatic carbocycles. The zero-order valence-electron chi connectivity index (χ0n) is 14.6. The van der Waals surface area contributed by atoms with Gasteiger partial charge in [-0.1, -0.05) is 16.8 Å². The molecule has 0 amide bonds. The molecule has 6 nitrogen and oxygen atoms in total. The van der Waals surface area contributed by atoms with Gasteiger partial charge in [-0.15, -0.1) is 0 Å². The number of rotatable bonds is 6. The Morgan fingerprint density at radius 1 is 1.11 bits per heavy atom. The highest BCUT2D eigenvalue weighted by Gasteiger charge is 2.29. The Kier molecular flexibility index (Phi) is 5.59. The Bertz CT molecular complexity index is 1020. The molecule has 0 N–H and O–H groups in total. The van der Waals surface area contributed by atoms with Crippen LogP contribution in [-0.4, -0.2) is 28.9 Å². The van der Waals surface area contributed by atoms with E-state index in [2.05, 4.69) is 10.1 Å². The van der Waals surface area contributed by atoms with Crippen molar-refractivity contribution in [2.45, 2.75) is 31.3 Å². The fraction of sp³-hybridized carbons (Fsp3) is 0.222. The number of halogens is 2. The van der Waals surface area contributed by atoms with Crippen LogP contribution in [0.15, 0.2) is 57.9 Å². The van der Waals surface area contributed by atoms with Crippen molar-refractivity contribution in [2.24, 2.45) is 0 Å². The maximum absolute atomic E-state index is 13.1. The number of benzene rings is 2. The zero-order chi connectivity index (χ0) is 19.6. The van der Waals surface area contributed by atoms with Crippen LogP contribution >= 0.6 is 11.6 Å². The van der Waals surface area contributed by atoms with Crippen molar-refractivity contribution in [1.82, 2.24) is 14.4 Å². The average molecular weight is 410 g/mol. The Labute approximate surface area is 161 Å². The highest BCUT2D eigenvalue weighted by Crippen LogP contribution is 2.23. The molecule has 0 aliphatic rings. The van der Waals surface area contributed by atoms with E-state index in [-0.39, 0.29) is 23.4 Å². The van der Waals surface area contributed by atoms with E-state index < -0.39 is 15.8 Å². The Morgan fingerprint density at radius 2 is 1.74 bits per heavy atom. The highest BCUT2D eigenvalue weighted by atomic mass is 35.5. The number of hydrogen-bond acceptors (Lipinski definition) is 5. The van der Waals surface area contributed by atoms with Crippen molar-refractivity contribution < 1.29 is 17.3 Å². The molecule has 0 radical (unpaired) electrons. The molecule has 0 aliphatic heterocycles. The minimum absolute atomic E-state index is 0.00459. The Balaban J connectivity index is 1.87. The fourth-order valence-electron chi connectivity index (χ4n) is 2.46. The van der Waals surface area contributed by atoms with Gasteiger partial charge in [0, 0.05) is 16.6 Å². The SMILES string of the molecule is CC(C)N(Cc1nc(-c2ccc(Cl)cc2)no1)S(=O)(=O)c1ccc(F)cc1. The van der Waals surface area contributed by atoms with Gasteiger partial charge < -0.3 is 4.52 Å². The summed E-state index contributed by atoms with van der Waals surface area (Å²) < 4.78 is 45.4. The smallest absolute Gasteiger partial charge is 0.243 e. The lowest BCUT2D eigenvalue weighted by Crippen LogP contribution is -2.36. The highest BCUT2D eigenvalue weighted by molar-refractivity contribution is 7.89. The topological polar surface area (TPSA) is 76.3 Å². The van der Waals surface area contributed by atoms with Gasteiger partial charge in [0.25, 0.3) is 0 Å². The molecule has 142 valence electrons. The molecule has 0 atom stereocenters. The summed E-state index contributed by atoms with van der Waals surface area (Å²) in [5, 5.41) is 4.48. The van der Waals surface area contributed by atoms with Crippen LogP contribution in [0.4, 0.5) is 4.39 Å². The molecule has 0 saturated carbocycles. The minimum atomic E-state index is -3.85. The summed E-state index contributed by atoms with van der Waals surface area (Å²) in [5.41, 5.74) is 0.701. The van der Waals surface area contributed by atoms with E-state index in [0.29, 0.717) is 16.4 Å². The molecular formula is C18H17ClFN3O3S. The molecule has 0 aliphatic carbocycles. The second-order valence-electron chi connectivity index (χ2n) is 6.12. The number of hydrogen-bond donors (Lipinski definition) is 0. The van der Waals surface area contributed by atoms with Gasteiger partial charge in [-0.2, -0.15) is 9.29 Å². The van der Waals surface area contributed by atoms with E-state index >= 15 is 0 Å². The van der Waals surface area contributed by atoms with E-state index in [0.717, 1.165) is 12.1 Å². The number of aromatic nitrogens is 2. The first-order valence-corrected chi connectivity index (χ1v) is 9.95. The van der Waals surface area contributed by atoms with Crippen molar-refractivity contribution in [3.05, 3.63) is 65.3 Å². The normalized spacial score (nSPS) is 12.1. The molecule has 0 unspecified atom stereocenters. The number of sulfonamides is 1. The van der Waals surface area contributed by atoms with Gasteiger partial charge in [0.05, 0.1) is 11.4 Å². The van der Waals surface area contributed by atoms with Gasteiger partial charge >= 0.3 is 0 Å². The summed E-state index contributed by atoms with van der Waals surface area (Å²) in [5.74, 6) is -0.0153. The Morgan fingerprint density at radius 3 is 2.33 bits per heavy atom. The summed E-state index contributed by atoms with van der Waals surface area (Å²) >= 11 is 5.87. The van der Waals surface area contributed by atoms with Crippen LogP contribution in [0, 0.1) is 5.82 Å². The predicted molar refractivity (Wildman–Crippen MR) is 99.0 cm³/mol. The molecule has 0 spiro atoms. The maximum atomic E-state index is 13.1. The van der Waals surface area contributed by atoms with Crippen LogP contribution in [0.3, 0.4) is 0 Å². The van der Waals surface area contributed by atoms with Crippen molar-refractivity contribution in [3.63, 3.8) is 0 Å². The third kappa shape index (κ3) is 4.35. The van der Waals surface area contributed by atoms with Gasteiger partial charge in [-0.25, -0.2) is 12.8 Å². The van der Waals surface area contributed by atoms with E-state index in [4.69, 9.17) is 16.1 Å². The fourth-order valence-corrected chi connectivity index (χ4v) is 4.17. The molecule has 1 aromatic heterocycles. The Hall–Kier alpha value is -2.29. The molecule has 0 fully saturated rings. The molecule has 0 saturated heterocycles. The first kappa shape index (κ1) is 19.5. The van der Waals surface area contributed by atoms with E-state index in [1.165, 1.54) is 16.4 Å². The van der Waals surface area contributed by atoms with Gasteiger partial charge in [0.1, 0.15) is 5.82 Å². The van der Waals surface area contributed by atoms with Crippen molar-refractivity contribution in [2.75, 3.05) is 0 Å². The summed E-state index contributed by atoms with van der Waals surface area (Å²) in [6.45, 7) is 3.37. The molecular weight excluding hydrogens is 393 g/mol. The quantitative estimate of drug-likeness (QED) is 0.611. The molecule has 9 heteroatoms. The standard InChI is InChI=1S/C18H17ClFN3O3S/c1-12(2)23(27(24,25)16-9-7-15(20)8-10-16)11-17-21-18(22-26-17)13-3-5-14(19)6-4-13/h3-10,12H,11H2,1-2H3. The average Bonchev–Trinajstić information content (AvgIpc) is 3.09. The van der Waals surface area contributed by atoms with Gasteiger partial charge in [-0.3, -0.25) is 0 Å². The first-order chi connectivity index (χ1) is 12.8. The largest absolute Gasteiger partial charge is 0.338 e. The van der Waals surface area contributed by atoms with Crippen LogP contribution in [0.25, 0.3) is 11.4 Å². The third-order valence-electron chi connectivity index (χ3n) is 3.86. The predicted octanol–water partition coefficient (Wildman–Crippen LogP) is 4.13. The lowest BCUT2D eigenvalue weighted by atomic mass is 10.2. The third-order valence-corrected chi connectivity index (χ3v) is 6.15. The van der Waals surface area contributed by atoms with Crippen molar-refractivity contribution in [1.29, 1.82) is 0 Å². The van der Waals surface area contributed by atoms with E-state index in [9.17, 15) is 12.8 Å². The molecule has 27 heavy (non-hydrogen) atoms. The van der Waals surface area contributed by atoms with Crippen LogP contribution < -0.4 is 0 Å². The second kappa shape index (κ2) is 7.75. The lowest BCUT2D eigenvalue weighted by Gasteiger charge is -2.24. The molecule has 3 aromatic rings. The second-order valence-corrected chi connectivity index (χ2v) is 8.44. The van der Waals surface area contributed by atoms with E-state index in [1.807, 2.05) is 0 Å². The number of nitrogens with zero attached hydrogens (tertiary/aromatic N) is 3. The molecule has 3 rings (SSSR count). The summed E-state index contributed by atoms with van der Waals surface area (Å²) in [7, 11) is -3.85. The molecule has 1 heterocycles. The first-order valence-electron chi connectivity index (χ1n) is 8.13. The van der Waals surface area contributed by atoms with Crippen molar-refractivity contribution >= 4 is 21.6 Å². The maximum Gasteiger partial charge on any atom is 0.243 e. The zero-order valence-corrected chi connectivity index (χ0v) is 16.2. The lowest BCUT2D eigenvalue weighted by molar-refractivity contribution is 0.286. The monoisotopic (exact) mass is 409 g/mol. The van der Waals surface area contributed by atoms with Gasteiger partial charge in [0.15, 0.2) is 0 Å². The minimum Gasteiger partial charge on any atom is -0.338 e. The summed E-state index contributed by atoms with van der Waals surface area (Å²) in [6, 6.07) is 11.2. The van der Waals surface area contributed by atoms with Crippen LogP contribution in [0.2, 0.25) is 5.02 Å². The summed E-state index contributed by atoms with van der Waals surface area (Å²) in [4.78, 5) is 4.26. The molecule has 0 bridgehead atoms. The van der Waals surface area contributed by atoms with Crippen LogP contribution in [0.1, 0.15) is 19.7 Å².